The average Bonchev–Trinajstić information content (AvgIpc) is 3.19. The molecule has 1 unspecified atom stereocenters. The van der Waals surface area contributed by atoms with Crippen LogP contribution in [0.25, 0.3) is 0 Å². The first kappa shape index (κ1) is 13.4. The highest BCUT2D eigenvalue weighted by atomic mass is 32.2. The van der Waals surface area contributed by atoms with Crippen molar-refractivity contribution in [2.24, 2.45) is 5.92 Å². The van der Waals surface area contributed by atoms with Gasteiger partial charge in [0.2, 0.25) is 0 Å². The van der Waals surface area contributed by atoms with Gasteiger partial charge in [-0.15, -0.1) is 11.8 Å². The second-order valence-corrected chi connectivity index (χ2v) is 5.66. The molecule has 1 aliphatic rings. The quantitative estimate of drug-likeness (QED) is 0.468. The van der Waals surface area contributed by atoms with Crippen LogP contribution in [0.2, 0.25) is 0 Å². The number of hydrogen-bond donors (Lipinski definition) is 1. The van der Waals surface area contributed by atoms with Crippen LogP contribution in [0.3, 0.4) is 0 Å². The van der Waals surface area contributed by atoms with Gasteiger partial charge in [-0.05, 0) is 37.4 Å². The Labute approximate surface area is 111 Å². The fourth-order valence-electron chi connectivity index (χ4n) is 1.97. The van der Waals surface area contributed by atoms with Crippen molar-refractivity contribution in [2.45, 2.75) is 30.7 Å². The summed E-state index contributed by atoms with van der Waals surface area (Å²) < 4.78 is 0. The van der Waals surface area contributed by atoms with Gasteiger partial charge in [0.15, 0.2) is 0 Å². The normalized spacial score (nSPS) is 16.5. The number of nitro benzene ring substituents is 1. The molecule has 1 aromatic carbocycles. The monoisotopic (exact) mass is 266 g/mol. The van der Waals surface area contributed by atoms with Crippen LogP contribution in [0.1, 0.15) is 19.8 Å². The number of nitro groups is 1. The lowest BCUT2D eigenvalue weighted by molar-refractivity contribution is -0.384. The maximum atomic E-state index is 10.5. The second-order valence-electron chi connectivity index (χ2n) is 4.56. The molecule has 1 aromatic rings. The van der Waals surface area contributed by atoms with E-state index >= 15 is 0 Å². The van der Waals surface area contributed by atoms with Gasteiger partial charge in [-0.1, -0.05) is 6.92 Å². The number of nitrogens with zero attached hydrogens (tertiary/aromatic N) is 1. The molecule has 0 spiro atoms. The third-order valence-corrected chi connectivity index (χ3v) is 4.27. The Kier molecular flexibility index (Phi) is 4.60. The van der Waals surface area contributed by atoms with Gasteiger partial charge in [0.25, 0.3) is 5.69 Å². The first-order valence-electron chi connectivity index (χ1n) is 6.31. The number of nitrogens with one attached hydrogen (secondary N) is 1. The molecule has 4 nitrogen and oxygen atoms in total. The molecule has 0 saturated heterocycles. The molecule has 0 aliphatic heterocycles. The van der Waals surface area contributed by atoms with Gasteiger partial charge in [0, 0.05) is 28.8 Å². The van der Waals surface area contributed by atoms with Gasteiger partial charge in [-0.2, -0.15) is 0 Å². The molecule has 0 amide bonds. The van der Waals surface area contributed by atoms with Gasteiger partial charge >= 0.3 is 0 Å². The van der Waals surface area contributed by atoms with Gasteiger partial charge in [-0.3, -0.25) is 10.1 Å². The third kappa shape index (κ3) is 3.71. The lowest BCUT2D eigenvalue weighted by Gasteiger charge is -2.16. The summed E-state index contributed by atoms with van der Waals surface area (Å²) in [6.07, 6.45) is 2.66. The highest BCUT2D eigenvalue weighted by molar-refractivity contribution is 7.99. The number of thioether (sulfide) groups is 1. The summed E-state index contributed by atoms with van der Waals surface area (Å²) in [7, 11) is 0. The van der Waals surface area contributed by atoms with E-state index in [2.05, 4.69) is 12.2 Å². The lowest BCUT2D eigenvalue weighted by atomic mass is 10.2. The molecular weight excluding hydrogens is 248 g/mol. The highest BCUT2D eigenvalue weighted by Gasteiger charge is 2.30. The zero-order valence-corrected chi connectivity index (χ0v) is 11.3. The molecule has 5 heteroatoms. The van der Waals surface area contributed by atoms with E-state index in [1.807, 2.05) is 12.1 Å². The molecule has 1 saturated carbocycles. The van der Waals surface area contributed by atoms with Crippen molar-refractivity contribution in [1.82, 2.24) is 5.32 Å². The van der Waals surface area contributed by atoms with Crippen molar-refractivity contribution in [3.05, 3.63) is 34.4 Å². The first-order valence-corrected chi connectivity index (χ1v) is 7.30. The number of rotatable bonds is 7. The predicted octanol–water partition coefficient (Wildman–Crippen LogP) is 3.08. The third-order valence-electron chi connectivity index (χ3n) is 3.13. The van der Waals surface area contributed by atoms with E-state index < -0.39 is 0 Å². The summed E-state index contributed by atoms with van der Waals surface area (Å²) in [4.78, 5) is 11.3. The maximum absolute atomic E-state index is 10.5. The van der Waals surface area contributed by atoms with Gasteiger partial charge < -0.3 is 5.32 Å². The van der Waals surface area contributed by atoms with E-state index in [0.717, 1.165) is 23.1 Å². The van der Waals surface area contributed by atoms with Crippen LogP contribution in [0.15, 0.2) is 29.2 Å². The largest absolute Gasteiger partial charge is 0.313 e. The molecular formula is C13H18N2O2S. The maximum Gasteiger partial charge on any atom is 0.269 e. The van der Waals surface area contributed by atoms with Crippen LogP contribution in [0.5, 0.6) is 0 Å². The molecule has 98 valence electrons. The number of non-ortho nitro benzene ring substituents is 1. The number of benzene rings is 1. The van der Waals surface area contributed by atoms with Crippen molar-refractivity contribution in [3.8, 4) is 0 Å². The van der Waals surface area contributed by atoms with Crippen LogP contribution >= 0.6 is 11.8 Å². The number of hydrogen-bond acceptors (Lipinski definition) is 4. The first-order chi connectivity index (χ1) is 8.70. The molecule has 1 aliphatic carbocycles. The van der Waals surface area contributed by atoms with E-state index in [-0.39, 0.29) is 10.6 Å². The Morgan fingerprint density at radius 2 is 2.11 bits per heavy atom. The zero-order chi connectivity index (χ0) is 13.0. The fraction of sp³-hybridized carbons (Fsp3) is 0.538. The van der Waals surface area contributed by atoms with E-state index in [4.69, 9.17) is 0 Å². The Bertz CT molecular complexity index is 404. The molecule has 0 aromatic heterocycles. The minimum Gasteiger partial charge on any atom is -0.313 e. The van der Waals surface area contributed by atoms with E-state index in [1.165, 1.54) is 12.8 Å². The van der Waals surface area contributed by atoms with Crippen molar-refractivity contribution < 1.29 is 4.92 Å². The van der Waals surface area contributed by atoms with Crippen LogP contribution in [-0.2, 0) is 0 Å². The molecule has 1 atom stereocenters. The van der Waals surface area contributed by atoms with Gasteiger partial charge in [0.05, 0.1) is 4.92 Å². The summed E-state index contributed by atoms with van der Waals surface area (Å²) in [6.45, 7) is 3.13. The summed E-state index contributed by atoms with van der Waals surface area (Å²) in [6, 6.07) is 7.39. The molecule has 1 fully saturated rings. The van der Waals surface area contributed by atoms with Crippen LogP contribution in [0, 0.1) is 16.0 Å². The SMILES string of the molecule is CCNC(CSc1ccc([N+](=O)[O-])cc1)C1CC1. The molecule has 1 N–H and O–H groups in total. The Morgan fingerprint density at radius 3 is 2.61 bits per heavy atom. The summed E-state index contributed by atoms with van der Waals surface area (Å²) in [5.41, 5.74) is 0.157. The Morgan fingerprint density at radius 1 is 1.44 bits per heavy atom. The van der Waals surface area contributed by atoms with Gasteiger partial charge in [-0.25, -0.2) is 0 Å². The minimum absolute atomic E-state index is 0.157. The van der Waals surface area contributed by atoms with Crippen LogP contribution < -0.4 is 5.32 Å². The molecule has 18 heavy (non-hydrogen) atoms. The highest BCUT2D eigenvalue weighted by Crippen LogP contribution is 2.35. The van der Waals surface area contributed by atoms with E-state index in [9.17, 15) is 10.1 Å². The Hall–Kier alpha value is -1.07. The summed E-state index contributed by atoms with van der Waals surface area (Å²) >= 11 is 1.77. The second kappa shape index (κ2) is 6.20. The average molecular weight is 266 g/mol. The Balaban J connectivity index is 1.86. The lowest BCUT2D eigenvalue weighted by Crippen LogP contribution is -2.33. The van der Waals surface area contributed by atoms with Crippen molar-refractivity contribution in [1.29, 1.82) is 0 Å². The van der Waals surface area contributed by atoms with Crippen molar-refractivity contribution >= 4 is 17.4 Å². The van der Waals surface area contributed by atoms with E-state index in [1.54, 1.807) is 23.9 Å². The minimum atomic E-state index is -0.361. The zero-order valence-electron chi connectivity index (χ0n) is 10.5. The van der Waals surface area contributed by atoms with E-state index in [0.29, 0.717) is 6.04 Å². The predicted molar refractivity (Wildman–Crippen MR) is 74.0 cm³/mol. The topological polar surface area (TPSA) is 55.2 Å². The van der Waals surface area contributed by atoms with Crippen LogP contribution in [0.4, 0.5) is 5.69 Å². The molecule has 0 heterocycles. The van der Waals surface area contributed by atoms with Crippen molar-refractivity contribution in [2.75, 3.05) is 12.3 Å². The molecule has 0 bridgehead atoms. The molecule has 2 rings (SSSR count). The van der Waals surface area contributed by atoms with Crippen molar-refractivity contribution in [3.63, 3.8) is 0 Å². The molecule has 0 radical (unpaired) electrons. The van der Waals surface area contributed by atoms with Crippen LogP contribution in [-0.4, -0.2) is 23.3 Å². The fourth-order valence-corrected chi connectivity index (χ4v) is 3.06. The smallest absolute Gasteiger partial charge is 0.269 e. The summed E-state index contributed by atoms with van der Waals surface area (Å²) in [5.74, 6) is 1.87. The standard InChI is InChI=1S/C13H18N2O2S/c1-2-14-13(10-3-4-10)9-18-12-7-5-11(6-8-12)15(16)17/h5-8,10,13-14H,2-4,9H2,1H3. The summed E-state index contributed by atoms with van der Waals surface area (Å²) in [5, 5.41) is 14.1. The van der Waals surface area contributed by atoms with Gasteiger partial charge in [0.1, 0.15) is 0 Å².